The Morgan fingerprint density at radius 2 is 2.17 bits per heavy atom. The summed E-state index contributed by atoms with van der Waals surface area (Å²) in [6.07, 6.45) is 3.76. The van der Waals surface area contributed by atoms with Crippen LogP contribution in [0, 0.1) is 5.92 Å². The second kappa shape index (κ2) is 5.58. The van der Waals surface area contributed by atoms with Crippen LogP contribution in [-0.2, 0) is 11.3 Å². The van der Waals surface area contributed by atoms with Gasteiger partial charge in [0.25, 0.3) is 0 Å². The van der Waals surface area contributed by atoms with E-state index in [2.05, 4.69) is 5.32 Å². The van der Waals surface area contributed by atoms with Crippen LogP contribution < -0.4 is 5.32 Å². The van der Waals surface area contributed by atoms with Gasteiger partial charge in [-0.3, -0.25) is 4.79 Å². The van der Waals surface area contributed by atoms with Gasteiger partial charge in [0.05, 0.1) is 18.4 Å². The first kappa shape index (κ1) is 12.5. The summed E-state index contributed by atoms with van der Waals surface area (Å²) in [5.74, 6) is 1.90. The smallest absolute Gasteiger partial charge is 0.220 e. The predicted octanol–water partition coefficient (Wildman–Crippen LogP) is 3.20. The average molecular weight is 247 g/mol. The summed E-state index contributed by atoms with van der Waals surface area (Å²) in [7, 11) is 0. The lowest BCUT2D eigenvalue weighted by Gasteiger charge is -2.05. The van der Waals surface area contributed by atoms with Crippen molar-refractivity contribution < 1.29 is 13.6 Å². The maximum absolute atomic E-state index is 11.5. The summed E-state index contributed by atoms with van der Waals surface area (Å²) >= 11 is 0. The van der Waals surface area contributed by atoms with E-state index in [1.54, 1.807) is 12.5 Å². The molecule has 1 N–H and O–H groups in total. The highest BCUT2D eigenvalue weighted by Gasteiger charge is 2.08. The van der Waals surface area contributed by atoms with Crippen LogP contribution in [0.3, 0.4) is 0 Å². The molecular formula is C14H17NO3. The molecule has 0 spiro atoms. The van der Waals surface area contributed by atoms with E-state index in [0.29, 0.717) is 18.9 Å². The number of furan rings is 2. The zero-order valence-electron chi connectivity index (χ0n) is 10.6. The van der Waals surface area contributed by atoms with E-state index in [-0.39, 0.29) is 5.91 Å². The fourth-order valence-corrected chi connectivity index (χ4v) is 1.66. The molecule has 2 rings (SSSR count). The molecule has 0 aliphatic rings. The molecular weight excluding hydrogens is 230 g/mol. The Balaban J connectivity index is 1.89. The largest absolute Gasteiger partial charge is 0.472 e. The summed E-state index contributed by atoms with van der Waals surface area (Å²) in [6.45, 7) is 4.45. The SMILES string of the molecule is CC(C)CC(=O)NCc1ccc(-c2ccoc2)o1. The van der Waals surface area contributed by atoms with Crippen molar-refractivity contribution in [3.63, 3.8) is 0 Å². The van der Waals surface area contributed by atoms with Gasteiger partial charge in [-0.25, -0.2) is 0 Å². The van der Waals surface area contributed by atoms with Crippen LogP contribution in [-0.4, -0.2) is 5.91 Å². The molecule has 0 bridgehead atoms. The molecule has 2 aromatic heterocycles. The monoisotopic (exact) mass is 247 g/mol. The van der Waals surface area contributed by atoms with E-state index in [1.807, 2.05) is 32.0 Å². The van der Waals surface area contributed by atoms with Crippen LogP contribution >= 0.6 is 0 Å². The number of rotatable bonds is 5. The fourth-order valence-electron chi connectivity index (χ4n) is 1.66. The molecule has 96 valence electrons. The Labute approximate surface area is 106 Å². The molecule has 18 heavy (non-hydrogen) atoms. The maximum Gasteiger partial charge on any atom is 0.220 e. The standard InChI is InChI=1S/C14H17NO3/c1-10(2)7-14(16)15-8-12-3-4-13(18-12)11-5-6-17-9-11/h3-6,9-10H,7-8H2,1-2H3,(H,15,16). The minimum absolute atomic E-state index is 0.0475. The van der Waals surface area contributed by atoms with Gasteiger partial charge in [-0.2, -0.15) is 0 Å². The molecule has 4 heteroatoms. The molecule has 0 saturated carbocycles. The molecule has 0 radical (unpaired) electrons. The average Bonchev–Trinajstić information content (AvgIpc) is 2.96. The predicted molar refractivity (Wildman–Crippen MR) is 67.7 cm³/mol. The quantitative estimate of drug-likeness (QED) is 0.882. The molecule has 0 atom stereocenters. The molecule has 0 saturated heterocycles. The minimum Gasteiger partial charge on any atom is -0.472 e. The third kappa shape index (κ3) is 3.26. The Morgan fingerprint density at radius 1 is 1.33 bits per heavy atom. The zero-order valence-corrected chi connectivity index (χ0v) is 10.6. The fraction of sp³-hybridized carbons (Fsp3) is 0.357. The molecule has 0 unspecified atom stereocenters. The van der Waals surface area contributed by atoms with E-state index in [9.17, 15) is 4.79 Å². The molecule has 0 aromatic carbocycles. The van der Waals surface area contributed by atoms with E-state index >= 15 is 0 Å². The van der Waals surface area contributed by atoms with Gasteiger partial charge in [0, 0.05) is 6.42 Å². The number of hydrogen-bond acceptors (Lipinski definition) is 3. The summed E-state index contributed by atoms with van der Waals surface area (Å²) in [4.78, 5) is 11.5. The van der Waals surface area contributed by atoms with E-state index in [4.69, 9.17) is 8.83 Å². The van der Waals surface area contributed by atoms with Gasteiger partial charge in [0.2, 0.25) is 5.91 Å². The third-order valence-electron chi connectivity index (χ3n) is 2.52. The van der Waals surface area contributed by atoms with Gasteiger partial charge < -0.3 is 14.2 Å². The van der Waals surface area contributed by atoms with Gasteiger partial charge in [0.1, 0.15) is 17.8 Å². The normalized spacial score (nSPS) is 10.8. The van der Waals surface area contributed by atoms with Gasteiger partial charge in [-0.05, 0) is 24.1 Å². The molecule has 1 amide bonds. The van der Waals surface area contributed by atoms with Gasteiger partial charge in [-0.15, -0.1) is 0 Å². The van der Waals surface area contributed by atoms with Crippen molar-refractivity contribution in [1.82, 2.24) is 5.32 Å². The summed E-state index contributed by atoms with van der Waals surface area (Å²) < 4.78 is 10.6. The zero-order chi connectivity index (χ0) is 13.0. The van der Waals surface area contributed by atoms with E-state index in [0.717, 1.165) is 17.1 Å². The number of carbonyl (C=O) groups excluding carboxylic acids is 1. The van der Waals surface area contributed by atoms with Crippen molar-refractivity contribution in [3.8, 4) is 11.3 Å². The van der Waals surface area contributed by atoms with E-state index in [1.165, 1.54) is 0 Å². The van der Waals surface area contributed by atoms with Crippen LogP contribution in [0.4, 0.5) is 0 Å². The first-order valence-electron chi connectivity index (χ1n) is 6.03. The van der Waals surface area contributed by atoms with Crippen LogP contribution in [0.2, 0.25) is 0 Å². The lowest BCUT2D eigenvalue weighted by Crippen LogP contribution is -2.23. The van der Waals surface area contributed by atoms with Crippen molar-refractivity contribution in [1.29, 1.82) is 0 Å². The Morgan fingerprint density at radius 3 is 2.83 bits per heavy atom. The topological polar surface area (TPSA) is 55.4 Å². The Bertz CT molecular complexity index is 497. The second-order valence-electron chi connectivity index (χ2n) is 4.65. The van der Waals surface area contributed by atoms with Crippen molar-refractivity contribution in [2.75, 3.05) is 0 Å². The van der Waals surface area contributed by atoms with E-state index < -0.39 is 0 Å². The van der Waals surface area contributed by atoms with Gasteiger partial charge in [0.15, 0.2) is 0 Å². The van der Waals surface area contributed by atoms with Crippen molar-refractivity contribution >= 4 is 5.91 Å². The van der Waals surface area contributed by atoms with Crippen LogP contribution in [0.5, 0.6) is 0 Å². The second-order valence-corrected chi connectivity index (χ2v) is 4.65. The Kier molecular flexibility index (Phi) is 3.87. The van der Waals surface area contributed by atoms with Crippen LogP contribution in [0.15, 0.2) is 39.6 Å². The van der Waals surface area contributed by atoms with Gasteiger partial charge >= 0.3 is 0 Å². The van der Waals surface area contributed by atoms with Crippen molar-refractivity contribution in [2.45, 2.75) is 26.8 Å². The third-order valence-corrected chi connectivity index (χ3v) is 2.52. The van der Waals surface area contributed by atoms with Gasteiger partial charge in [-0.1, -0.05) is 13.8 Å². The highest BCUT2D eigenvalue weighted by atomic mass is 16.3. The highest BCUT2D eigenvalue weighted by Crippen LogP contribution is 2.22. The van der Waals surface area contributed by atoms with Crippen molar-refractivity contribution in [2.24, 2.45) is 5.92 Å². The molecule has 0 fully saturated rings. The molecule has 0 aliphatic carbocycles. The lowest BCUT2D eigenvalue weighted by atomic mass is 10.1. The summed E-state index contributed by atoms with van der Waals surface area (Å²) in [6, 6.07) is 5.56. The molecule has 0 aliphatic heterocycles. The van der Waals surface area contributed by atoms with Crippen molar-refractivity contribution in [3.05, 3.63) is 36.5 Å². The molecule has 4 nitrogen and oxygen atoms in total. The number of amides is 1. The molecule has 2 aromatic rings. The Hall–Kier alpha value is -1.97. The summed E-state index contributed by atoms with van der Waals surface area (Å²) in [5, 5.41) is 2.83. The summed E-state index contributed by atoms with van der Waals surface area (Å²) in [5.41, 5.74) is 0.898. The number of hydrogen-bond donors (Lipinski definition) is 1. The first-order valence-corrected chi connectivity index (χ1v) is 6.03. The number of nitrogens with one attached hydrogen (secondary N) is 1. The minimum atomic E-state index is 0.0475. The van der Waals surface area contributed by atoms with Crippen LogP contribution in [0.1, 0.15) is 26.0 Å². The highest BCUT2D eigenvalue weighted by molar-refractivity contribution is 5.76. The maximum atomic E-state index is 11.5. The lowest BCUT2D eigenvalue weighted by molar-refractivity contribution is -0.122. The molecule has 2 heterocycles. The first-order chi connectivity index (χ1) is 8.65. The van der Waals surface area contributed by atoms with Crippen LogP contribution in [0.25, 0.3) is 11.3 Å². The number of carbonyl (C=O) groups is 1.